The first-order valence-corrected chi connectivity index (χ1v) is 7.16. The molecule has 2 N–H and O–H groups in total. The van der Waals surface area contributed by atoms with Crippen molar-refractivity contribution in [2.24, 2.45) is 17.6 Å². The highest BCUT2D eigenvalue weighted by molar-refractivity contribution is 4.85. The van der Waals surface area contributed by atoms with E-state index < -0.39 is 0 Å². The number of nitrogens with zero attached hydrogens (tertiary/aromatic N) is 1. The summed E-state index contributed by atoms with van der Waals surface area (Å²) in [5, 5.41) is 0. The summed E-state index contributed by atoms with van der Waals surface area (Å²) in [6, 6.07) is 1.33. The first-order valence-electron chi connectivity index (χ1n) is 7.16. The van der Waals surface area contributed by atoms with E-state index in [0.29, 0.717) is 6.04 Å². The average molecular weight is 224 g/mol. The zero-order valence-electron chi connectivity index (χ0n) is 11.0. The van der Waals surface area contributed by atoms with Gasteiger partial charge < -0.3 is 5.73 Å². The summed E-state index contributed by atoms with van der Waals surface area (Å²) in [5.41, 5.74) is 6.08. The van der Waals surface area contributed by atoms with Crippen LogP contribution in [0.3, 0.4) is 0 Å². The summed E-state index contributed by atoms with van der Waals surface area (Å²) >= 11 is 0. The molecule has 1 saturated heterocycles. The molecule has 94 valence electrons. The molecule has 0 aromatic heterocycles. The van der Waals surface area contributed by atoms with Crippen LogP contribution in [0.4, 0.5) is 0 Å². The molecule has 2 rings (SSSR count). The fourth-order valence-electron chi connectivity index (χ4n) is 3.66. The van der Waals surface area contributed by atoms with Crippen molar-refractivity contribution in [1.29, 1.82) is 0 Å². The second kappa shape index (κ2) is 5.50. The lowest BCUT2D eigenvalue weighted by Crippen LogP contribution is -2.40. The minimum absolute atomic E-state index is 0.485. The van der Waals surface area contributed by atoms with E-state index in [1.165, 1.54) is 51.6 Å². The Kier molecular flexibility index (Phi) is 4.26. The summed E-state index contributed by atoms with van der Waals surface area (Å²) in [4.78, 5) is 2.74. The Labute approximate surface area is 101 Å². The van der Waals surface area contributed by atoms with Gasteiger partial charge in [-0.3, -0.25) is 4.90 Å². The van der Waals surface area contributed by atoms with Crippen LogP contribution in [0.1, 0.15) is 52.4 Å². The number of rotatable bonds is 3. The van der Waals surface area contributed by atoms with Gasteiger partial charge in [-0.1, -0.05) is 20.3 Å². The summed E-state index contributed by atoms with van der Waals surface area (Å²) in [5.74, 6) is 1.70. The van der Waals surface area contributed by atoms with E-state index >= 15 is 0 Å². The van der Waals surface area contributed by atoms with Crippen molar-refractivity contribution in [3.8, 4) is 0 Å². The molecular weight excluding hydrogens is 196 g/mol. The molecule has 16 heavy (non-hydrogen) atoms. The van der Waals surface area contributed by atoms with Crippen LogP contribution in [0.5, 0.6) is 0 Å². The van der Waals surface area contributed by atoms with Crippen molar-refractivity contribution in [3.63, 3.8) is 0 Å². The second-order valence-electron chi connectivity index (χ2n) is 6.24. The fraction of sp³-hybridized carbons (Fsp3) is 1.00. The molecule has 0 aromatic rings. The Morgan fingerprint density at radius 3 is 2.69 bits per heavy atom. The smallest absolute Gasteiger partial charge is 0.0119 e. The van der Waals surface area contributed by atoms with E-state index in [1.807, 2.05) is 0 Å². The normalized spacial score (nSPS) is 37.1. The highest BCUT2D eigenvalue weighted by Crippen LogP contribution is 2.29. The largest absolute Gasteiger partial charge is 0.328 e. The van der Waals surface area contributed by atoms with E-state index in [9.17, 15) is 0 Å². The van der Waals surface area contributed by atoms with Gasteiger partial charge in [-0.25, -0.2) is 0 Å². The maximum atomic E-state index is 6.08. The summed E-state index contributed by atoms with van der Waals surface area (Å²) < 4.78 is 0. The Morgan fingerprint density at radius 2 is 2.00 bits per heavy atom. The van der Waals surface area contributed by atoms with Crippen LogP contribution in [0.15, 0.2) is 0 Å². The van der Waals surface area contributed by atoms with Gasteiger partial charge in [-0.05, 0) is 50.5 Å². The maximum absolute atomic E-state index is 6.08. The third-order valence-electron chi connectivity index (χ3n) is 4.50. The van der Waals surface area contributed by atoms with Crippen LogP contribution in [0, 0.1) is 11.8 Å². The molecule has 0 bridgehead atoms. The highest BCUT2D eigenvalue weighted by Gasteiger charge is 2.30. The lowest BCUT2D eigenvalue weighted by atomic mass is 9.85. The average Bonchev–Trinajstić information content (AvgIpc) is 2.66. The first kappa shape index (κ1) is 12.4. The van der Waals surface area contributed by atoms with Gasteiger partial charge in [0.25, 0.3) is 0 Å². The van der Waals surface area contributed by atoms with E-state index in [-0.39, 0.29) is 0 Å². The van der Waals surface area contributed by atoms with Gasteiger partial charge in [0.2, 0.25) is 0 Å². The van der Waals surface area contributed by atoms with Gasteiger partial charge in [-0.2, -0.15) is 0 Å². The van der Waals surface area contributed by atoms with Crippen LogP contribution in [0.2, 0.25) is 0 Å². The Bertz CT molecular complexity index is 215. The minimum Gasteiger partial charge on any atom is -0.328 e. The number of nitrogens with two attached hydrogens (primary N) is 1. The Hall–Kier alpha value is -0.0800. The number of hydrogen-bond donors (Lipinski definition) is 1. The fourth-order valence-corrected chi connectivity index (χ4v) is 3.66. The molecule has 1 aliphatic carbocycles. The number of hydrogen-bond acceptors (Lipinski definition) is 2. The molecule has 2 aliphatic rings. The predicted molar refractivity (Wildman–Crippen MR) is 69.4 cm³/mol. The zero-order chi connectivity index (χ0) is 11.5. The summed E-state index contributed by atoms with van der Waals surface area (Å²) in [6.07, 6.45) is 8.10. The van der Waals surface area contributed by atoms with Gasteiger partial charge in [-0.15, -0.1) is 0 Å². The van der Waals surface area contributed by atoms with Crippen molar-refractivity contribution in [1.82, 2.24) is 4.90 Å². The lowest BCUT2D eigenvalue weighted by Gasteiger charge is -2.34. The maximum Gasteiger partial charge on any atom is 0.0119 e. The first-order chi connectivity index (χ1) is 7.66. The molecular formula is C14H28N2. The molecule has 2 heteroatoms. The predicted octanol–water partition coefficient (Wildman–Crippen LogP) is 2.62. The van der Waals surface area contributed by atoms with E-state index in [1.54, 1.807) is 0 Å². The van der Waals surface area contributed by atoms with Crippen molar-refractivity contribution in [2.75, 3.05) is 13.1 Å². The summed E-state index contributed by atoms with van der Waals surface area (Å²) in [6.45, 7) is 7.39. The van der Waals surface area contributed by atoms with Crippen LogP contribution < -0.4 is 5.73 Å². The van der Waals surface area contributed by atoms with Gasteiger partial charge in [0.05, 0.1) is 0 Å². The van der Waals surface area contributed by atoms with E-state index in [4.69, 9.17) is 5.73 Å². The van der Waals surface area contributed by atoms with Crippen molar-refractivity contribution in [2.45, 2.75) is 64.5 Å². The van der Waals surface area contributed by atoms with Gasteiger partial charge in [0.1, 0.15) is 0 Å². The molecule has 3 atom stereocenters. The number of likely N-dealkylation sites (tertiary alicyclic amines) is 1. The zero-order valence-corrected chi connectivity index (χ0v) is 11.0. The molecule has 0 aromatic carbocycles. The standard InChI is InChI=1S/C14H28N2/c1-11(2)14-7-4-8-16(14)10-12-5-3-6-13(15)9-12/h11-14H,3-10,15H2,1-2H3. The molecule has 1 aliphatic heterocycles. The van der Waals surface area contributed by atoms with E-state index in [2.05, 4.69) is 18.7 Å². The summed E-state index contributed by atoms with van der Waals surface area (Å²) in [7, 11) is 0. The molecule has 1 heterocycles. The second-order valence-corrected chi connectivity index (χ2v) is 6.24. The third-order valence-corrected chi connectivity index (χ3v) is 4.50. The van der Waals surface area contributed by atoms with Crippen LogP contribution >= 0.6 is 0 Å². The lowest BCUT2D eigenvalue weighted by molar-refractivity contribution is 0.154. The van der Waals surface area contributed by atoms with Crippen LogP contribution in [-0.4, -0.2) is 30.1 Å². The molecule has 2 fully saturated rings. The Balaban J connectivity index is 1.83. The molecule has 2 nitrogen and oxygen atoms in total. The molecule has 0 spiro atoms. The van der Waals surface area contributed by atoms with Crippen LogP contribution in [-0.2, 0) is 0 Å². The highest BCUT2D eigenvalue weighted by atomic mass is 15.2. The van der Waals surface area contributed by atoms with Gasteiger partial charge in [0.15, 0.2) is 0 Å². The van der Waals surface area contributed by atoms with Crippen molar-refractivity contribution < 1.29 is 0 Å². The monoisotopic (exact) mass is 224 g/mol. The SMILES string of the molecule is CC(C)C1CCCN1CC1CCCC(N)C1. The molecule has 3 unspecified atom stereocenters. The Morgan fingerprint density at radius 1 is 1.19 bits per heavy atom. The van der Waals surface area contributed by atoms with Crippen molar-refractivity contribution >= 4 is 0 Å². The minimum atomic E-state index is 0.485. The topological polar surface area (TPSA) is 29.3 Å². The molecule has 0 radical (unpaired) electrons. The van der Waals surface area contributed by atoms with Crippen molar-refractivity contribution in [3.05, 3.63) is 0 Å². The quantitative estimate of drug-likeness (QED) is 0.798. The molecule has 0 amide bonds. The van der Waals surface area contributed by atoms with Gasteiger partial charge in [0, 0.05) is 18.6 Å². The van der Waals surface area contributed by atoms with Gasteiger partial charge >= 0.3 is 0 Å². The van der Waals surface area contributed by atoms with E-state index in [0.717, 1.165) is 17.9 Å². The molecule has 1 saturated carbocycles. The van der Waals surface area contributed by atoms with Crippen LogP contribution in [0.25, 0.3) is 0 Å². The third kappa shape index (κ3) is 2.98.